The Morgan fingerprint density at radius 2 is 2.21 bits per heavy atom. The van der Waals surface area contributed by atoms with Crippen LogP contribution in [0.1, 0.15) is 29.8 Å². The first-order valence-corrected chi connectivity index (χ1v) is 4.49. The van der Waals surface area contributed by atoms with Crippen LogP contribution in [0.3, 0.4) is 0 Å². The molecule has 0 spiro atoms. The molecule has 1 aromatic rings. The van der Waals surface area contributed by atoms with Crippen molar-refractivity contribution >= 4 is 5.97 Å². The van der Waals surface area contributed by atoms with E-state index in [1.54, 1.807) is 0 Å². The highest BCUT2D eigenvalue weighted by atomic mass is 16.5. The lowest BCUT2D eigenvalue weighted by atomic mass is 9.96. The third-order valence-corrected chi connectivity index (χ3v) is 2.20. The minimum atomic E-state index is -1.08. The molecular formula is C9H10N2O3. The van der Waals surface area contributed by atoms with Gasteiger partial charge in [0.25, 0.3) is 0 Å². The molecule has 1 saturated carbocycles. The van der Waals surface area contributed by atoms with Gasteiger partial charge in [-0.05, 0) is 25.3 Å². The van der Waals surface area contributed by atoms with Gasteiger partial charge in [0.15, 0.2) is 5.69 Å². The molecule has 2 rings (SSSR count). The van der Waals surface area contributed by atoms with Crippen LogP contribution in [0, 0.1) is 0 Å². The maximum atomic E-state index is 10.5. The van der Waals surface area contributed by atoms with E-state index in [9.17, 15) is 4.79 Å². The fraction of sp³-hybridized carbons (Fsp3) is 0.444. The molecule has 0 bridgehead atoms. The van der Waals surface area contributed by atoms with Crippen LogP contribution in [0.2, 0.25) is 0 Å². The fourth-order valence-corrected chi connectivity index (χ4v) is 1.16. The molecule has 14 heavy (non-hydrogen) atoms. The SMILES string of the molecule is O=C(O)c1ccc(OC2CCC2)nn1. The largest absolute Gasteiger partial charge is 0.476 e. The Morgan fingerprint density at radius 1 is 1.43 bits per heavy atom. The lowest BCUT2D eigenvalue weighted by molar-refractivity contribution is 0.0688. The monoisotopic (exact) mass is 194 g/mol. The fourth-order valence-electron chi connectivity index (χ4n) is 1.16. The Morgan fingerprint density at radius 3 is 2.64 bits per heavy atom. The van der Waals surface area contributed by atoms with E-state index in [0.717, 1.165) is 12.8 Å². The number of hydrogen-bond donors (Lipinski definition) is 1. The van der Waals surface area contributed by atoms with Crippen molar-refractivity contribution in [3.05, 3.63) is 17.8 Å². The minimum Gasteiger partial charge on any atom is -0.476 e. The van der Waals surface area contributed by atoms with Gasteiger partial charge in [-0.2, -0.15) is 0 Å². The van der Waals surface area contributed by atoms with Crippen LogP contribution in [0.25, 0.3) is 0 Å². The smallest absolute Gasteiger partial charge is 0.356 e. The summed E-state index contributed by atoms with van der Waals surface area (Å²) in [6, 6.07) is 2.93. The van der Waals surface area contributed by atoms with Crippen molar-refractivity contribution in [2.45, 2.75) is 25.4 Å². The number of aromatic carboxylic acids is 1. The number of carbonyl (C=O) groups is 1. The van der Waals surface area contributed by atoms with E-state index >= 15 is 0 Å². The molecule has 1 fully saturated rings. The van der Waals surface area contributed by atoms with Crippen LogP contribution in [0.4, 0.5) is 0 Å². The Bertz CT molecular complexity index is 332. The van der Waals surface area contributed by atoms with Gasteiger partial charge < -0.3 is 9.84 Å². The summed E-state index contributed by atoms with van der Waals surface area (Å²) in [4.78, 5) is 10.5. The van der Waals surface area contributed by atoms with Crippen molar-refractivity contribution in [2.75, 3.05) is 0 Å². The molecule has 0 radical (unpaired) electrons. The van der Waals surface area contributed by atoms with Crippen LogP contribution in [0.5, 0.6) is 5.88 Å². The molecule has 5 nitrogen and oxygen atoms in total. The second-order valence-electron chi connectivity index (χ2n) is 3.23. The van der Waals surface area contributed by atoms with E-state index in [-0.39, 0.29) is 11.8 Å². The molecule has 1 N–H and O–H groups in total. The van der Waals surface area contributed by atoms with Gasteiger partial charge in [-0.3, -0.25) is 0 Å². The molecule has 1 heterocycles. The molecule has 0 aromatic carbocycles. The first-order chi connectivity index (χ1) is 6.75. The average molecular weight is 194 g/mol. The first-order valence-electron chi connectivity index (χ1n) is 4.49. The van der Waals surface area contributed by atoms with Crippen molar-refractivity contribution in [2.24, 2.45) is 0 Å². The van der Waals surface area contributed by atoms with E-state index in [0.29, 0.717) is 5.88 Å². The second-order valence-corrected chi connectivity index (χ2v) is 3.23. The lowest BCUT2D eigenvalue weighted by Crippen LogP contribution is -2.25. The standard InChI is InChI=1S/C9H10N2O3/c12-9(13)7-4-5-8(11-10-7)14-6-2-1-3-6/h4-6H,1-3H2,(H,12,13). The summed E-state index contributed by atoms with van der Waals surface area (Å²) in [5.74, 6) is -0.674. The molecule has 0 unspecified atom stereocenters. The highest BCUT2D eigenvalue weighted by molar-refractivity contribution is 5.84. The molecule has 5 heteroatoms. The lowest BCUT2D eigenvalue weighted by Gasteiger charge is -2.25. The molecule has 1 aliphatic rings. The van der Waals surface area contributed by atoms with Crippen molar-refractivity contribution in [3.8, 4) is 5.88 Å². The molecular weight excluding hydrogens is 184 g/mol. The zero-order chi connectivity index (χ0) is 9.97. The molecule has 1 aromatic heterocycles. The number of carboxylic acids is 1. The van der Waals surface area contributed by atoms with Gasteiger partial charge in [-0.15, -0.1) is 10.2 Å². The summed E-state index contributed by atoms with van der Waals surface area (Å²) < 4.78 is 5.42. The summed E-state index contributed by atoms with van der Waals surface area (Å²) in [5.41, 5.74) is -0.0639. The van der Waals surface area contributed by atoms with Gasteiger partial charge in [-0.25, -0.2) is 4.79 Å². The van der Waals surface area contributed by atoms with Crippen molar-refractivity contribution in [1.82, 2.24) is 10.2 Å². The summed E-state index contributed by atoms with van der Waals surface area (Å²) in [6.07, 6.45) is 3.51. The van der Waals surface area contributed by atoms with E-state index in [4.69, 9.17) is 9.84 Å². The normalized spacial score (nSPS) is 16.0. The predicted octanol–water partition coefficient (Wildman–Crippen LogP) is 1.11. The Labute approximate surface area is 80.7 Å². The van der Waals surface area contributed by atoms with E-state index < -0.39 is 5.97 Å². The number of ether oxygens (including phenoxy) is 1. The summed E-state index contributed by atoms with van der Waals surface area (Å²) >= 11 is 0. The van der Waals surface area contributed by atoms with Gasteiger partial charge >= 0.3 is 5.97 Å². The summed E-state index contributed by atoms with van der Waals surface area (Å²) in [7, 11) is 0. The third kappa shape index (κ3) is 1.81. The van der Waals surface area contributed by atoms with Crippen LogP contribution in [-0.2, 0) is 0 Å². The van der Waals surface area contributed by atoms with E-state index in [1.807, 2.05) is 0 Å². The number of rotatable bonds is 3. The van der Waals surface area contributed by atoms with E-state index in [1.165, 1.54) is 18.6 Å². The number of carboxylic acid groups (broad SMARTS) is 1. The number of aromatic nitrogens is 2. The molecule has 74 valence electrons. The van der Waals surface area contributed by atoms with Crippen molar-refractivity contribution < 1.29 is 14.6 Å². The van der Waals surface area contributed by atoms with Gasteiger partial charge in [0.05, 0.1) is 0 Å². The highest BCUT2D eigenvalue weighted by Crippen LogP contribution is 2.23. The first kappa shape index (κ1) is 8.93. The molecule has 0 saturated heterocycles. The number of nitrogens with zero attached hydrogens (tertiary/aromatic N) is 2. The topological polar surface area (TPSA) is 72.3 Å². The van der Waals surface area contributed by atoms with E-state index in [2.05, 4.69) is 10.2 Å². The molecule has 0 amide bonds. The molecule has 0 aliphatic heterocycles. The Kier molecular flexibility index (Phi) is 2.30. The second kappa shape index (κ2) is 3.61. The van der Waals surface area contributed by atoms with Crippen LogP contribution < -0.4 is 4.74 Å². The van der Waals surface area contributed by atoms with Gasteiger partial charge in [-0.1, -0.05) is 0 Å². The number of hydrogen-bond acceptors (Lipinski definition) is 4. The molecule has 1 aliphatic carbocycles. The van der Waals surface area contributed by atoms with Crippen LogP contribution in [-0.4, -0.2) is 27.4 Å². The maximum absolute atomic E-state index is 10.5. The molecule has 0 atom stereocenters. The van der Waals surface area contributed by atoms with Gasteiger partial charge in [0.1, 0.15) is 6.10 Å². The summed E-state index contributed by atoms with van der Waals surface area (Å²) in [6.45, 7) is 0. The average Bonchev–Trinajstić information content (AvgIpc) is 2.12. The Hall–Kier alpha value is -1.65. The maximum Gasteiger partial charge on any atom is 0.356 e. The third-order valence-electron chi connectivity index (χ3n) is 2.20. The van der Waals surface area contributed by atoms with Crippen LogP contribution in [0.15, 0.2) is 12.1 Å². The van der Waals surface area contributed by atoms with Crippen molar-refractivity contribution in [3.63, 3.8) is 0 Å². The van der Waals surface area contributed by atoms with Crippen molar-refractivity contribution in [1.29, 1.82) is 0 Å². The minimum absolute atomic E-state index is 0.0639. The predicted molar refractivity (Wildman–Crippen MR) is 47.3 cm³/mol. The zero-order valence-electron chi connectivity index (χ0n) is 7.51. The summed E-state index contributed by atoms with van der Waals surface area (Å²) in [5, 5.41) is 15.8. The highest BCUT2D eigenvalue weighted by Gasteiger charge is 2.19. The zero-order valence-corrected chi connectivity index (χ0v) is 7.51. The quantitative estimate of drug-likeness (QED) is 0.780. The van der Waals surface area contributed by atoms with Gasteiger partial charge in [0, 0.05) is 6.07 Å². The van der Waals surface area contributed by atoms with Crippen LogP contribution >= 0.6 is 0 Å². The Balaban J connectivity index is 2.01. The van der Waals surface area contributed by atoms with Gasteiger partial charge in [0.2, 0.25) is 5.88 Å².